The number of hydrogen-bond acceptors (Lipinski definition) is 2. The summed E-state index contributed by atoms with van der Waals surface area (Å²) >= 11 is 0. The SMILES string of the molecule is OC1CC=CCC(O)C1. The zero-order chi connectivity index (χ0) is 6.69. The molecule has 2 nitrogen and oxygen atoms in total. The van der Waals surface area contributed by atoms with E-state index in [2.05, 4.69) is 0 Å². The molecule has 1 rings (SSSR count). The third kappa shape index (κ3) is 2.16. The molecular weight excluding hydrogens is 116 g/mol. The lowest BCUT2D eigenvalue weighted by atomic mass is 10.1. The Bertz CT molecular complexity index is 97.5. The molecular formula is C7H12O2. The molecule has 2 atom stereocenters. The summed E-state index contributed by atoms with van der Waals surface area (Å²) in [5.74, 6) is 0. The van der Waals surface area contributed by atoms with Gasteiger partial charge in [-0.15, -0.1) is 0 Å². The highest BCUT2D eigenvalue weighted by molar-refractivity contribution is 4.90. The van der Waals surface area contributed by atoms with E-state index in [1.165, 1.54) is 0 Å². The van der Waals surface area contributed by atoms with Gasteiger partial charge in [0.2, 0.25) is 0 Å². The third-order valence-corrected chi connectivity index (χ3v) is 1.53. The third-order valence-electron chi connectivity index (χ3n) is 1.53. The van der Waals surface area contributed by atoms with Gasteiger partial charge in [0, 0.05) is 0 Å². The van der Waals surface area contributed by atoms with Gasteiger partial charge in [0.25, 0.3) is 0 Å². The van der Waals surface area contributed by atoms with Gasteiger partial charge in [-0.1, -0.05) is 12.2 Å². The minimum Gasteiger partial charge on any atom is -0.393 e. The van der Waals surface area contributed by atoms with Crippen LogP contribution in [0, 0.1) is 0 Å². The first kappa shape index (κ1) is 6.78. The lowest BCUT2D eigenvalue weighted by Crippen LogP contribution is -2.14. The Morgan fingerprint density at radius 1 is 1.00 bits per heavy atom. The van der Waals surface area contributed by atoms with Gasteiger partial charge in [-0.05, 0) is 19.3 Å². The predicted molar refractivity (Wildman–Crippen MR) is 35.0 cm³/mol. The van der Waals surface area contributed by atoms with E-state index >= 15 is 0 Å². The monoisotopic (exact) mass is 128 g/mol. The van der Waals surface area contributed by atoms with E-state index in [1.807, 2.05) is 12.2 Å². The Kier molecular flexibility index (Phi) is 2.25. The van der Waals surface area contributed by atoms with Crippen molar-refractivity contribution in [2.45, 2.75) is 31.5 Å². The molecule has 0 bridgehead atoms. The lowest BCUT2D eigenvalue weighted by molar-refractivity contribution is 0.0880. The van der Waals surface area contributed by atoms with Gasteiger partial charge in [0.05, 0.1) is 12.2 Å². The molecule has 0 heterocycles. The molecule has 0 aliphatic heterocycles. The van der Waals surface area contributed by atoms with Crippen molar-refractivity contribution < 1.29 is 10.2 Å². The fourth-order valence-corrected chi connectivity index (χ4v) is 1.01. The van der Waals surface area contributed by atoms with E-state index in [-0.39, 0.29) is 12.2 Å². The zero-order valence-electron chi connectivity index (χ0n) is 5.33. The zero-order valence-corrected chi connectivity index (χ0v) is 5.33. The van der Waals surface area contributed by atoms with Crippen LogP contribution >= 0.6 is 0 Å². The topological polar surface area (TPSA) is 40.5 Å². The Morgan fingerprint density at radius 3 is 1.89 bits per heavy atom. The molecule has 9 heavy (non-hydrogen) atoms. The molecule has 1 aliphatic carbocycles. The van der Waals surface area contributed by atoms with Crippen LogP contribution in [0.4, 0.5) is 0 Å². The van der Waals surface area contributed by atoms with Crippen LogP contribution in [0.15, 0.2) is 12.2 Å². The van der Waals surface area contributed by atoms with E-state index in [0.717, 1.165) is 0 Å². The van der Waals surface area contributed by atoms with Crippen molar-refractivity contribution in [2.24, 2.45) is 0 Å². The van der Waals surface area contributed by atoms with Crippen LogP contribution in [0.25, 0.3) is 0 Å². The van der Waals surface area contributed by atoms with Crippen LogP contribution in [0.5, 0.6) is 0 Å². The Hall–Kier alpha value is -0.340. The average molecular weight is 128 g/mol. The number of aliphatic hydroxyl groups excluding tert-OH is 2. The van der Waals surface area contributed by atoms with Crippen LogP contribution in [-0.4, -0.2) is 22.4 Å². The van der Waals surface area contributed by atoms with Crippen LogP contribution < -0.4 is 0 Å². The Labute approximate surface area is 54.8 Å². The van der Waals surface area contributed by atoms with Crippen molar-refractivity contribution in [3.63, 3.8) is 0 Å². The highest BCUT2D eigenvalue weighted by atomic mass is 16.3. The van der Waals surface area contributed by atoms with Crippen LogP contribution in [-0.2, 0) is 0 Å². The van der Waals surface area contributed by atoms with Crippen molar-refractivity contribution in [3.05, 3.63) is 12.2 Å². The lowest BCUT2D eigenvalue weighted by Gasteiger charge is -2.08. The van der Waals surface area contributed by atoms with Crippen molar-refractivity contribution in [3.8, 4) is 0 Å². The minimum atomic E-state index is -0.334. The van der Waals surface area contributed by atoms with Crippen molar-refractivity contribution >= 4 is 0 Å². The maximum Gasteiger partial charge on any atom is 0.0599 e. The molecule has 52 valence electrons. The van der Waals surface area contributed by atoms with Crippen molar-refractivity contribution in [1.29, 1.82) is 0 Å². The van der Waals surface area contributed by atoms with E-state index in [0.29, 0.717) is 19.3 Å². The predicted octanol–water partition coefficient (Wildman–Crippen LogP) is 0.448. The van der Waals surface area contributed by atoms with Gasteiger partial charge in [-0.2, -0.15) is 0 Å². The van der Waals surface area contributed by atoms with E-state index in [9.17, 15) is 0 Å². The van der Waals surface area contributed by atoms with Gasteiger partial charge in [0.1, 0.15) is 0 Å². The first-order valence-electron chi connectivity index (χ1n) is 3.30. The maximum atomic E-state index is 9.05. The molecule has 0 aromatic rings. The fraction of sp³-hybridized carbons (Fsp3) is 0.714. The number of hydrogen-bond donors (Lipinski definition) is 2. The average Bonchev–Trinajstić information content (AvgIpc) is 1.93. The number of rotatable bonds is 0. The molecule has 0 spiro atoms. The van der Waals surface area contributed by atoms with Crippen LogP contribution in [0.2, 0.25) is 0 Å². The van der Waals surface area contributed by atoms with Gasteiger partial charge in [-0.3, -0.25) is 0 Å². The maximum absolute atomic E-state index is 9.05. The summed E-state index contributed by atoms with van der Waals surface area (Å²) < 4.78 is 0. The second-order valence-electron chi connectivity index (χ2n) is 2.49. The summed E-state index contributed by atoms with van der Waals surface area (Å²) in [5, 5.41) is 18.1. The first-order chi connectivity index (χ1) is 4.29. The summed E-state index contributed by atoms with van der Waals surface area (Å²) in [7, 11) is 0. The summed E-state index contributed by atoms with van der Waals surface area (Å²) in [6.45, 7) is 0. The quantitative estimate of drug-likeness (QED) is 0.465. The summed E-state index contributed by atoms with van der Waals surface area (Å²) in [5.41, 5.74) is 0. The highest BCUT2D eigenvalue weighted by Gasteiger charge is 2.11. The summed E-state index contributed by atoms with van der Waals surface area (Å²) in [4.78, 5) is 0. The molecule has 0 aromatic heterocycles. The van der Waals surface area contributed by atoms with Crippen molar-refractivity contribution in [1.82, 2.24) is 0 Å². The van der Waals surface area contributed by atoms with E-state index in [4.69, 9.17) is 10.2 Å². The molecule has 0 aromatic carbocycles. The molecule has 1 aliphatic rings. The molecule has 2 N–H and O–H groups in total. The molecule has 0 fully saturated rings. The minimum absolute atomic E-state index is 0.334. The fourth-order valence-electron chi connectivity index (χ4n) is 1.01. The van der Waals surface area contributed by atoms with Gasteiger partial charge >= 0.3 is 0 Å². The molecule has 2 heteroatoms. The van der Waals surface area contributed by atoms with Crippen LogP contribution in [0.3, 0.4) is 0 Å². The molecule has 0 amide bonds. The standard InChI is InChI=1S/C7H12O2/c8-6-3-1-2-4-7(9)5-6/h1-2,6-9H,3-5H2. The van der Waals surface area contributed by atoms with Gasteiger partial charge in [-0.25, -0.2) is 0 Å². The highest BCUT2D eigenvalue weighted by Crippen LogP contribution is 2.11. The summed E-state index contributed by atoms with van der Waals surface area (Å²) in [6.07, 6.45) is 5.07. The largest absolute Gasteiger partial charge is 0.393 e. The Morgan fingerprint density at radius 2 is 1.44 bits per heavy atom. The normalized spacial score (nSPS) is 36.2. The van der Waals surface area contributed by atoms with Crippen molar-refractivity contribution in [2.75, 3.05) is 0 Å². The van der Waals surface area contributed by atoms with Gasteiger partial charge in [0.15, 0.2) is 0 Å². The number of aliphatic hydroxyl groups is 2. The Balaban J connectivity index is 2.40. The smallest absolute Gasteiger partial charge is 0.0599 e. The molecule has 0 saturated heterocycles. The van der Waals surface area contributed by atoms with E-state index in [1.54, 1.807) is 0 Å². The second-order valence-corrected chi connectivity index (χ2v) is 2.49. The van der Waals surface area contributed by atoms with E-state index < -0.39 is 0 Å². The molecule has 0 saturated carbocycles. The molecule has 0 radical (unpaired) electrons. The molecule has 2 unspecified atom stereocenters. The van der Waals surface area contributed by atoms with Crippen LogP contribution in [0.1, 0.15) is 19.3 Å². The summed E-state index contributed by atoms with van der Waals surface area (Å²) in [6, 6.07) is 0. The van der Waals surface area contributed by atoms with Gasteiger partial charge < -0.3 is 10.2 Å². The second kappa shape index (κ2) is 2.99. The first-order valence-corrected chi connectivity index (χ1v) is 3.30.